The van der Waals surface area contributed by atoms with Crippen molar-refractivity contribution >= 4 is 17.0 Å². The molecule has 2 heterocycles. The molecule has 0 saturated heterocycles. The lowest BCUT2D eigenvalue weighted by Gasteiger charge is -2.15. The summed E-state index contributed by atoms with van der Waals surface area (Å²) in [5, 5.41) is 13.4. The fourth-order valence-corrected chi connectivity index (χ4v) is 3.27. The van der Waals surface area contributed by atoms with Gasteiger partial charge in [-0.2, -0.15) is 0 Å². The third-order valence-corrected chi connectivity index (χ3v) is 4.75. The van der Waals surface area contributed by atoms with Crippen LogP contribution in [0.15, 0.2) is 77.7 Å². The van der Waals surface area contributed by atoms with Gasteiger partial charge in [0.2, 0.25) is 0 Å². The number of benzene rings is 2. The lowest BCUT2D eigenvalue weighted by atomic mass is 10.0. The SMILES string of the molecule is CNC(=O)Oc1ncc2c(cc(-c3ccccc3)c(=O)n2Cc2ccccc2)c1O. The minimum Gasteiger partial charge on any atom is -0.503 e. The van der Waals surface area contributed by atoms with Crippen molar-refractivity contribution in [3.63, 3.8) is 0 Å². The zero-order chi connectivity index (χ0) is 21.1. The van der Waals surface area contributed by atoms with E-state index >= 15 is 0 Å². The number of nitrogens with zero attached hydrogens (tertiary/aromatic N) is 2. The molecule has 2 N–H and O–H groups in total. The van der Waals surface area contributed by atoms with Crippen LogP contribution in [0.25, 0.3) is 22.0 Å². The monoisotopic (exact) mass is 401 g/mol. The topological polar surface area (TPSA) is 93.5 Å². The first-order valence-corrected chi connectivity index (χ1v) is 9.33. The summed E-state index contributed by atoms with van der Waals surface area (Å²) in [5.41, 5.74) is 2.29. The molecule has 150 valence electrons. The molecule has 7 heteroatoms. The van der Waals surface area contributed by atoms with Crippen molar-refractivity contribution in [3.8, 4) is 22.8 Å². The van der Waals surface area contributed by atoms with Gasteiger partial charge in [0.25, 0.3) is 11.4 Å². The first-order chi connectivity index (χ1) is 14.6. The van der Waals surface area contributed by atoms with Crippen molar-refractivity contribution < 1.29 is 14.6 Å². The first-order valence-electron chi connectivity index (χ1n) is 9.33. The zero-order valence-corrected chi connectivity index (χ0v) is 16.2. The highest BCUT2D eigenvalue weighted by molar-refractivity contribution is 5.90. The summed E-state index contributed by atoms with van der Waals surface area (Å²) in [6.07, 6.45) is 0.671. The lowest BCUT2D eigenvalue weighted by Crippen LogP contribution is -2.24. The molecule has 0 spiro atoms. The van der Waals surface area contributed by atoms with E-state index in [1.165, 1.54) is 13.2 Å². The molecule has 0 radical (unpaired) electrons. The van der Waals surface area contributed by atoms with Crippen LogP contribution in [0, 0.1) is 0 Å². The van der Waals surface area contributed by atoms with Crippen LogP contribution in [0.1, 0.15) is 5.56 Å². The normalized spacial score (nSPS) is 10.7. The quantitative estimate of drug-likeness (QED) is 0.546. The van der Waals surface area contributed by atoms with E-state index in [4.69, 9.17) is 4.74 Å². The van der Waals surface area contributed by atoms with E-state index in [-0.39, 0.29) is 17.2 Å². The van der Waals surface area contributed by atoms with Gasteiger partial charge in [0, 0.05) is 18.0 Å². The van der Waals surface area contributed by atoms with Crippen LogP contribution >= 0.6 is 0 Å². The Morgan fingerprint density at radius 3 is 2.43 bits per heavy atom. The van der Waals surface area contributed by atoms with Crippen LogP contribution in [0.2, 0.25) is 0 Å². The Kier molecular flexibility index (Phi) is 5.17. The van der Waals surface area contributed by atoms with Gasteiger partial charge in [-0.3, -0.25) is 4.79 Å². The van der Waals surface area contributed by atoms with Gasteiger partial charge in [0.15, 0.2) is 5.75 Å². The summed E-state index contributed by atoms with van der Waals surface area (Å²) in [4.78, 5) is 29.0. The Morgan fingerprint density at radius 2 is 1.77 bits per heavy atom. The summed E-state index contributed by atoms with van der Waals surface area (Å²) >= 11 is 0. The molecule has 2 aromatic carbocycles. The molecule has 0 unspecified atom stereocenters. The maximum atomic E-state index is 13.4. The summed E-state index contributed by atoms with van der Waals surface area (Å²) in [5.74, 6) is -0.541. The summed E-state index contributed by atoms with van der Waals surface area (Å²) in [7, 11) is 1.41. The van der Waals surface area contributed by atoms with Crippen LogP contribution in [0.3, 0.4) is 0 Å². The van der Waals surface area contributed by atoms with E-state index in [1.807, 2.05) is 60.7 Å². The molecule has 1 amide bonds. The Labute approximate surface area is 172 Å². The predicted octanol–water partition coefficient (Wildman–Crippen LogP) is 3.54. The minimum atomic E-state index is -0.752. The minimum absolute atomic E-state index is 0.210. The van der Waals surface area contributed by atoms with E-state index < -0.39 is 6.09 Å². The smallest absolute Gasteiger partial charge is 0.413 e. The standard InChI is InChI=1S/C23H19N3O4/c1-24-23(29)30-21-20(27)18-12-17(16-10-6-3-7-11-16)22(28)26(19(18)13-25-21)14-15-8-4-2-5-9-15/h2-13,27H,14H2,1H3,(H,24,29). The number of ether oxygens (including phenoxy) is 1. The fraction of sp³-hybridized carbons (Fsp3) is 0.0870. The van der Waals surface area contributed by atoms with E-state index in [1.54, 1.807) is 10.6 Å². The number of amides is 1. The maximum absolute atomic E-state index is 13.4. The van der Waals surface area contributed by atoms with Gasteiger partial charge in [0.05, 0.1) is 18.3 Å². The van der Waals surface area contributed by atoms with Gasteiger partial charge in [-0.1, -0.05) is 60.7 Å². The molecular weight excluding hydrogens is 382 g/mol. The number of carbonyl (C=O) groups excluding carboxylic acids is 1. The van der Waals surface area contributed by atoms with Crippen molar-refractivity contribution in [2.45, 2.75) is 6.54 Å². The highest BCUT2D eigenvalue weighted by Crippen LogP contribution is 2.34. The van der Waals surface area contributed by atoms with E-state index in [0.717, 1.165) is 11.1 Å². The number of rotatable bonds is 4. The van der Waals surface area contributed by atoms with Crippen molar-refractivity contribution in [2.75, 3.05) is 7.05 Å². The second-order valence-electron chi connectivity index (χ2n) is 6.65. The summed E-state index contributed by atoms with van der Waals surface area (Å²) in [6.45, 7) is 0.299. The third-order valence-electron chi connectivity index (χ3n) is 4.75. The molecule has 0 aliphatic carbocycles. The third kappa shape index (κ3) is 3.60. The van der Waals surface area contributed by atoms with Gasteiger partial charge in [-0.15, -0.1) is 0 Å². The summed E-state index contributed by atoms with van der Waals surface area (Å²) in [6, 6.07) is 20.3. The van der Waals surface area contributed by atoms with Crippen LogP contribution in [-0.4, -0.2) is 27.8 Å². The van der Waals surface area contributed by atoms with E-state index in [9.17, 15) is 14.7 Å². The zero-order valence-electron chi connectivity index (χ0n) is 16.2. The van der Waals surface area contributed by atoms with Gasteiger partial charge in [-0.25, -0.2) is 9.78 Å². The number of hydrogen-bond donors (Lipinski definition) is 2. The molecule has 0 aliphatic heterocycles. The number of pyridine rings is 2. The summed E-state index contributed by atoms with van der Waals surface area (Å²) < 4.78 is 6.60. The Bertz CT molecular complexity index is 1270. The largest absolute Gasteiger partial charge is 0.503 e. The van der Waals surface area contributed by atoms with Gasteiger partial charge in [0.1, 0.15) is 0 Å². The number of fused-ring (bicyclic) bond motifs is 1. The van der Waals surface area contributed by atoms with E-state index in [0.29, 0.717) is 23.0 Å². The van der Waals surface area contributed by atoms with Crippen LogP contribution in [0.5, 0.6) is 11.6 Å². The number of aromatic nitrogens is 2. The fourth-order valence-electron chi connectivity index (χ4n) is 3.27. The van der Waals surface area contributed by atoms with Crippen molar-refractivity contribution in [2.24, 2.45) is 0 Å². The van der Waals surface area contributed by atoms with Gasteiger partial charge in [-0.05, 0) is 17.2 Å². The van der Waals surface area contributed by atoms with Crippen LogP contribution in [0.4, 0.5) is 4.79 Å². The lowest BCUT2D eigenvalue weighted by molar-refractivity contribution is 0.199. The first kappa shape index (κ1) is 19.2. The van der Waals surface area contributed by atoms with Gasteiger partial charge >= 0.3 is 6.09 Å². The maximum Gasteiger partial charge on any atom is 0.413 e. The molecule has 0 bridgehead atoms. The molecule has 4 aromatic rings. The second-order valence-corrected chi connectivity index (χ2v) is 6.65. The number of hydrogen-bond acceptors (Lipinski definition) is 5. The number of carbonyl (C=O) groups is 1. The van der Waals surface area contributed by atoms with E-state index in [2.05, 4.69) is 10.3 Å². The Hall–Kier alpha value is -4.13. The molecule has 30 heavy (non-hydrogen) atoms. The number of aromatic hydroxyl groups is 1. The molecule has 0 fully saturated rings. The molecule has 7 nitrogen and oxygen atoms in total. The molecule has 0 atom stereocenters. The second kappa shape index (κ2) is 8.08. The predicted molar refractivity (Wildman–Crippen MR) is 114 cm³/mol. The highest BCUT2D eigenvalue weighted by atomic mass is 16.6. The molecule has 4 rings (SSSR count). The average molecular weight is 401 g/mol. The Balaban J connectivity index is 1.97. The molecular formula is C23H19N3O4. The van der Waals surface area contributed by atoms with Gasteiger partial charge < -0.3 is 19.7 Å². The molecule has 2 aromatic heterocycles. The van der Waals surface area contributed by atoms with Crippen molar-refractivity contribution in [1.82, 2.24) is 14.9 Å². The molecule has 0 saturated carbocycles. The molecule has 0 aliphatic rings. The van der Waals surface area contributed by atoms with Crippen molar-refractivity contribution in [3.05, 3.63) is 88.8 Å². The van der Waals surface area contributed by atoms with Crippen molar-refractivity contribution in [1.29, 1.82) is 0 Å². The average Bonchev–Trinajstić information content (AvgIpc) is 2.78. The van der Waals surface area contributed by atoms with Crippen LogP contribution < -0.4 is 15.6 Å². The highest BCUT2D eigenvalue weighted by Gasteiger charge is 2.18. The van der Waals surface area contributed by atoms with Crippen LogP contribution in [-0.2, 0) is 6.54 Å². The number of nitrogens with one attached hydrogen (secondary N) is 1. The Morgan fingerprint density at radius 1 is 1.10 bits per heavy atom.